The molecular formula is C16H21NO2. The molecule has 2 atom stereocenters. The van der Waals surface area contributed by atoms with E-state index in [1.165, 1.54) is 18.4 Å². The molecule has 3 nitrogen and oxygen atoms in total. The maximum atomic E-state index is 10.6. The second-order valence-corrected chi connectivity index (χ2v) is 5.51. The summed E-state index contributed by atoms with van der Waals surface area (Å²) in [6.45, 7) is 5.04. The zero-order chi connectivity index (χ0) is 13.4. The number of aryl methyl sites for hydroxylation is 2. The topological polar surface area (TPSA) is 45.4 Å². The minimum absolute atomic E-state index is 0.144. The number of para-hydroxylation sites is 1. The fourth-order valence-electron chi connectivity index (χ4n) is 2.98. The summed E-state index contributed by atoms with van der Waals surface area (Å²) in [4.78, 5) is 0. The highest BCUT2D eigenvalue weighted by atomic mass is 16.3. The molecule has 2 heterocycles. The van der Waals surface area contributed by atoms with E-state index in [4.69, 9.17) is 4.42 Å². The Morgan fingerprint density at radius 3 is 2.89 bits per heavy atom. The van der Waals surface area contributed by atoms with Crippen LogP contribution in [0.3, 0.4) is 0 Å². The summed E-state index contributed by atoms with van der Waals surface area (Å²) < 4.78 is 5.85. The van der Waals surface area contributed by atoms with Gasteiger partial charge in [0.05, 0.1) is 6.10 Å². The zero-order valence-corrected chi connectivity index (χ0v) is 11.6. The van der Waals surface area contributed by atoms with Gasteiger partial charge in [0.25, 0.3) is 0 Å². The number of piperidine rings is 1. The first-order valence-corrected chi connectivity index (χ1v) is 7.08. The van der Waals surface area contributed by atoms with Crippen LogP contribution in [-0.2, 0) is 0 Å². The number of aliphatic hydroxyl groups is 1. The Kier molecular flexibility index (Phi) is 3.33. The van der Waals surface area contributed by atoms with Crippen LogP contribution in [0, 0.1) is 13.8 Å². The molecule has 1 aliphatic heterocycles. The third-order valence-corrected chi connectivity index (χ3v) is 4.28. The van der Waals surface area contributed by atoms with E-state index in [2.05, 4.69) is 18.3 Å². The third-order valence-electron chi connectivity index (χ3n) is 4.28. The van der Waals surface area contributed by atoms with Crippen molar-refractivity contribution in [2.75, 3.05) is 6.54 Å². The van der Waals surface area contributed by atoms with Gasteiger partial charge in [-0.15, -0.1) is 0 Å². The Balaban J connectivity index is 2.01. The maximum Gasteiger partial charge on any atom is 0.140 e. The predicted molar refractivity (Wildman–Crippen MR) is 76.3 cm³/mol. The Labute approximate surface area is 113 Å². The van der Waals surface area contributed by atoms with Crippen molar-refractivity contribution >= 4 is 11.0 Å². The van der Waals surface area contributed by atoms with E-state index in [0.717, 1.165) is 35.3 Å². The molecule has 2 aromatic rings. The van der Waals surface area contributed by atoms with E-state index in [-0.39, 0.29) is 6.04 Å². The zero-order valence-electron chi connectivity index (χ0n) is 11.6. The monoisotopic (exact) mass is 259 g/mol. The average Bonchev–Trinajstić information content (AvgIpc) is 2.75. The number of fused-ring (bicyclic) bond motifs is 1. The molecule has 0 amide bonds. The standard InChI is InChI=1S/C16H21NO2/c1-10-11(2)19-16-12(10)6-5-7-13(16)15(18)14-8-3-4-9-17-14/h5-7,14-15,17-18H,3-4,8-9H2,1-2H3. The van der Waals surface area contributed by atoms with Crippen LogP contribution in [0.4, 0.5) is 0 Å². The van der Waals surface area contributed by atoms with E-state index >= 15 is 0 Å². The van der Waals surface area contributed by atoms with Gasteiger partial charge in [0, 0.05) is 17.0 Å². The molecule has 2 unspecified atom stereocenters. The number of furan rings is 1. The summed E-state index contributed by atoms with van der Waals surface area (Å²) in [5.41, 5.74) is 2.92. The minimum atomic E-state index is -0.492. The van der Waals surface area contributed by atoms with Crippen molar-refractivity contribution in [3.05, 3.63) is 35.1 Å². The third kappa shape index (κ3) is 2.17. The van der Waals surface area contributed by atoms with Gasteiger partial charge in [0.1, 0.15) is 11.3 Å². The van der Waals surface area contributed by atoms with Crippen molar-refractivity contribution in [3.8, 4) is 0 Å². The molecule has 2 N–H and O–H groups in total. The second kappa shape index (κ2) is 4.99. The van der Waals surface area contributed by atoms with Crippen LogP contribution < -0.4 is 5.32 Å². The Morgan fingerprint density at radius 1 is 1.32 bits per heavy atom. The van der Waals surface area contributed by atoms with Crippen molar-refractivity contribution in [2.24, 2.45) is 0 Å². The van der Waals surface area contributed by atoms with E-state index < -0.39 is 6.10 Å². The molecule has 1 aliphatic rings. The molecule has 1 fully saturated rings. The molecule has 0 aliphatic carbocycles. The highest BCUT2D eigenvalue weighted by Gasteiger charge is 2.25. The number of hydrogen-bond acceptors (Lipinski definition) is 3. The lowest BCUT2D eigenvalue weighted by Gasteiger charge is -2.28. The quantitative estimate of drug-likeness (QED) is 0.870. The van der Waals surface area contributed by atoms with Crippen molar-refractivity contribution in [1.82, 2.24) is 5.32 Å². The average molecular weight is 259 g/mol. The first kappa shape index (κ1) is 12.7. The van der Waals surface area contributed by atoms with E-state index in [1.807, 2.05) is 19.1 Å². The minimum Gasteiger partial charge on any atom is -0.461 e. The molecule has 1 aromatic carbocycles. The number of benzene rings is 1. The molecule has 0 saturated carbocycles. The predicted octanol–water partition coefficient (Wildman–Crippen LogP) is 3.23. The maximum absolute atomic E-state index is 10.6. The van der Waals surface area contributed by atoms with Gasteiger partial charge < -0.3 is 14.8 Å². The largest absolute Gasteiger partial charge is 0.461 e. The van der Waals surface area contributed by atoms with Crippen LogP contribution >= 0.6 is 0 Å². The highest BCUT2D eigenvalue weighted by molar-refractivity contribution is 5.85. The first-order chi connectivity index (χ1) is 9.18. The SMILES string of the molecule is Cc1oc2c(C(O)C3CCCCN3)cccc2c1C. The first-order valence-electron chi connectivity index (χ1n) is 7.08. The van der Waals surface area contributed by atoms with Crippen molar-refractivity contribution in [1.29, 1.82) is 0 Å². The van der Waals surface area contributed by atoms with Gasteiger partial charge >= 0.3 is 0 Å². The van der Waals surface area contributed by atoms with Crippen molar-refractivity contribution < 1.29 is 9.52 Å². The van der Waals surface area contributed by atoms with Crippen LogP contribution in [0.15, 0.2) is 22.6 Å². The second-order valence-electron chi connectivity index (χ2n) is 5.51. The van der Waals surface area contributed by atoms with Crippen molar-refractivity contribution in [3.63, 3.8) is 0 Å². The van der Waals surface area contributed by atoms with Crippen LogP contribution in [0.1, 0.15) is 42.3 Å². The lowest BCUT2D eigenvalue weighted by atomic mass is 9.94. The van der Waals surface area contributed by atoms with Gasteiger partial charge in [-0.25, -0.2) is 0 Å². The summed E-state index contributed by atoms with van der Waals surface area (Å²) in [7, 11) is 0. The molecule has 0 radical (unpaired) electrons. The molecule has 3 heteroatoms. The number of nitrogens with one attached hydrogen (secondary N) is 1. The number of hydrogen-bond donors (Lipinski definition) is 2. The van der Waals surface area contributed by atoms with E-state index in [1.54, 1.807) is 0 Å². The molecule has 3 rings (SSSR count). The molecule has 0 bridgehead atoms. The summed E-state index contributed by atoms with van der Waals surface area (Å²) in [5, 5.41) is 15.1. The van der Waals surface area contributed by atoms with Gasteiger partial charge in [0.2, 0.25) is 0 Å². The Bertz CT molecular complexity index is 582. The van der Waals surface area contributed by atoms with Gasteiger partial charge in [-0.05, 0) is 38.8 Å². The molecular weight excluding hydrogens is 238 g/mol. The molecule has 19 heavy (non-hydrogen) atoms. The van der Waals surface area contributed by atoms with Crippen LogP contribution in [0.25, 0.3) is 11.0 Å². The molecule has 1 saturated heterocycles. The Hall–Kier alpha value is -1.32. The lowest BCUT2D eigenvalue weighted by molar-refractivity contribution is 0.114. The van der Waals surface area contributed by atoms with Gasteiger partial charge in [-0.2, -0.15) is 0 Å². The lowest BCUT2D eigenvalue weighted by Crippen LogP contribution is -2.38. The van der Waals surface area contributed by atoms with Gasteiger partial charge in [0.15, 0.2) is 0 Å². The summed E-state index contributed by atoms with van der Waals surface area (Å²) in [6, 6.07) is 6.19. The van der Waals surface area contributed by atoms with Crippen molar-refractivity contribution in [2.45, 2.75) is 45.3 Å². The van der Waals surface area contributed by atoms with Gasteiger partial charge in [-0.1, -0.05) is 24.6 Å². The molecule has 102 valence electrons. The molecule has 0 spiro atoms. The summed E-state index contributed by atoms with van der Waals surface area (Å²) in [6.07, 6.45) is 2.91. The van der Waals surface area contributed by atoms with Gasteiger partial charge in [-0.3, -0.25) is 0 Å². The van der Waals surface area contributed by atoms with Crippen LogP contribution in [0.5, 0.6) is 0 Å². The van der Waals surface area contributed by atoms with Crippen LogP contribution in [-0.4, -0.2) is 17.7 Å². The number of aliphatic hydroxyl groups excluding tert-OH is 1. The Morgan fingerprint density at radius 2 is 2.16 bits per heavy atom. The van der Waals surface area contributed by atoms with Crippen LogP contribution in [0.2, 0.25) is 0 Å². The number of rotatable bonds is 2. The van der Waals surface area contributed by atoms with E-state index in [0.29, 0.717) is 0 Å². The smallest absolute Gasteiger partial charge is 0.140 e. The molecule has 1 aromatic heterocycles. The normalized spacial score (nSPS) is 21.7. The fraction of sp³-hybridized carbons (Fsp3) is 0.500. The summed E-state index contributed by atoms with van der Waals surface area (Å²) in [5.74, 6) is 0.936. The van der Waals surface area contributed by atoms with E-state index in [9.17, 15) is 5.11 Å². The fourth-order valence-corrected chi connectivity index (χ4v) is 2.98. The highest BCUT2D eigenvalue weighted by Crippen LogP contribution is 2.33. The summed E-state index contributed by atoms with van der Waals surface area (Å²) >= 11 is 0.